The van der Waals surface area contributed by atoms with E-state index in [-0.39, 0.29) is 23.6 Å². The first-order chi connectivity index (χ1) is 18.7. The lowest BCUT2D eigenvalue weighted by Gasteiger charge is -2.49. The van der Waals surface area contributed by atoms with E-state index in [1.54, 1.807) is 6.08 Å². The van der Waals surface area contributed by atoms with Crippen molar-refractivity contribution in [1.82, 2.24) is 0 Å². The van der Waals surface area contributed by atoms with Crippen LogP contribution in [0.2, 0.25) is 0 Å². The molecule has 8 heteroatoms. The Morgan fingerprint density at radius 1 is 1.12 bits per heavy atom. The van der Waals surface area contributed by atoms with Gasteiger partial charge in [-0.1, -0.05) is 24.6 Å². The van der Waals surface area contributed by atoms with Crippen LogP contribution < -0.4 is 0 Å². The Balaban J connectivity index is 1.44. The van der Waals surface area contributed by atoms with Crippen LogP contribution in [0.5, 0.6) is 0 Å². The lowest BCUT2D eigenvalue weighted by atomic mass is 9.52. The number of hydrogen-bond donors (Lipinski definition) is 1. The lowest BCUT2D eigenvalue weighted by molar-refractivity contribution is -0.159. The normalized spacial score (nSPS) is 47.0. The second kappa shape index (κ2) is 7.84. The summed E-state index contributed by atoms with van der Waals surface area (Å²) >= 11 is 0. The van der Waals surface area contributed by atoms with E-state index in [0.29, 0.717) is 43.3 Å². The first-order valence-electron chi connectivity index (χ1n) is 14.4. The fourth-order valence-electron chi connectivity index (χ4n) is 10.3. The van der Waals surface area contributed by atoms with Crippen LogP contribution in [-0.2, 0) is 33.4 Å². The van der Waals surface area contributed by atoms with Crippen molar-refractivity contribution >= 4 is 23.7 Å². The molecule has 7 aliphatic rings. The molecule has 1 saturated carbocycles. The number of esters is 3. The largest absolute Gasteiger partial charge is 0.462 e. The van der Waals surface area contributed by atoms with Gasteiger partial charge < -0.3 is 19.3 Å². The van der Waals surface area contributed by atoms with Crippen molar-refractivity contribution in [3.05, 3.63) is 46.1 Å². The number of rotatable bonds is 1. The monoisotopic (exact) mass is 548 g/mol. The molecule has 1 N–H and O–H groups in total. The van der Waals surface area contributed by atoms with Gasteiger partial charge in [-0.15, -0.1) is 0 Å². The molecule has 3 fully saturated rings. The van der Waals surface area contributed by atoms with Crippen molar-refractivity contribution in [2.45, 2.75) is 90.6 Å². The zero-order chi connectivity index (χ0) is 28.7. The van der Waals surface area contributed by atoms with Crippen LogP contribution in [0, 0.1) is 34.5 Å². The summed E-state index contributed by atoms with van der Waals surface area (Å²) < 4.78 is 18.3. The van der Waals surface area contributed by atoms with Gasteiger partial charge in [0, 0.05) is 41.7 Å². The van der Waals surface area contributed by atoms with E-state index < -0.39 is 58.5 Å². The average Bonchev–Trinajstić information content (AvgIpc) is 3.54. The number of allylic oxidation sites excluding steroid dienone is 1. The molecule has 2 heterocycles. The number of fused-ring (bicyclic) bond motifs is 11. The zero-order valence-corrected chi connectivity index (χ0v) is 23.7. The Labute approximate surface area is 233 Å². The van der Waals surface area contributed by atoms with Crippen LogP contribution in [0.4, 0.5) is 0 Å². The van der Waals surface area contributed by atoms with Gasteiger partial charge in [0.25, 0.3) is 0 Å². The van der Waals surface area contributed by atoms with Crippen LogP contribution in [0.3, 0.4) is 0 Å². The summed E-state index contributed by atoms with van der Waals surface area (Å²) in [6, 6.07) is 0. The molecular weight excluding hydrogens is 512 g/mol. The van der Waals surface area contributed by atoms with E-state index >= 15 is 0 Å². The fraction of sp³-hybridized carbons (Fsp3) is 0.625. The molecule has 1 spiro atoms. The first-order valence-corrected chi connectivity index (χ1v) is 14.4. The van der Waals surface area contributed by atoms with E-state index in [2.05, 4.69) is 6.58 Å². The third-order valence-corrected chi connectivity index (χ3v) is 11.6. The molecule has 0 aromatic heterocycles. The van der Waals surface area contributed by atoms with Gasteiger partial charge in [-0.05, 0) is 69.6 Å². The van der Waals surface area contributed by atoms with Gasteiger partial charge in [-0.2, -0.15) is 0 Å². The highest BCUT2D eigenvalue weighted by molar-refractivity contribution is 6.09. The molecule has 212 valence electrons. The molecule has 2 aliphatic heterocycles. The van der Waals surface area contributed by atoms with Gasteiger partial charge in [0.05, 0.1) is 16.9 Å². The Kier molecular flexibility index (Phi) is 5.08. The number of aliphatic hydroxyl groups is 1. The summed E-state index contributed by atoms with van der Waals surface area (Å²) in [6.07, 6.45) is 2.08. The minimum atomic E-state index is -1.11. The van der Waals surface area contributed by atoms with Gasteiger partial charge in [0.1, 0.15) is 18.3 Å². The second-order valence-electron chi connectivity index (χ2n) is 13.7. The smallest absolute Gasteiger partial charge is 0.334 e. The summed E-state index contributed by atoms with van der Waals surface area (Å²) in [5.74, 6) is -2.64. The molecule has 40 heavy (non-hydrogen) atoms. The highest BCUT2D eigenvalue weighted by Gasteiger charge is 2.78. The highest BCUT2D eigenvalue weighted by atomic mass is 16.6. The van der Waals surface area contributed by atoms with Gasteiger partial charge in [0.2, 0.25) is 0 Å². The van der Waals surface area contributed by atoms with E-state index in [1.807, 2.05) is 27.7 Å². The fourth-order valence-corrected chi connectivity index (χ4v) is 10.3. The molecule has 5 aliphatic carbocycles. The summed E-state index contributed by atoms with van der Waals surface area (Å²) in [5, 5.41) is 11.8. The number of carbonyl (C=O) groups is 4. The summed E-state index contributed by atoms with van der Waals surface area (Å²) in [6.45, 7) is 13.1. The predicted octanol–water partition coefficient (Wildman–Crippen LogP) is 3.68. The predicted molar refractivity (Wildman–Crippen MR) is 141 cm³/mol. The summed E-state index contributed by atoms with van der Waals surface area (Å²) in [5.41, 5.74) is 1.43. The molecule has 10 atom stereocenters. The maximum Gasteiger partial charge on any atom is 0.334 e. The number of hydrogen-bond acceptors (Lipinski definition) is 8. The number of ether oxygens (including phenoxy) is 3. The molecule has 0 aromatic rings. The van der Waals surface area contributed by atoms with E-state index in [0.717, 1.165) is 22.3 Å². The third-order valence-electron chi connectivity index (χ3n) is 11.6. The number of carbonyl (C=O) groups excluding carboxylic acids is 4. The second-order valence-corrected chi connectivity index (χ2v) is 13.7. The lowest BCUT2D eigenvalue weighted by Crippen LogP contribution is -2.54. The molecule has 8 nitrogen and oxygen atoms in total. The van der Waals surface area contributed by atoms with Crippen LogP contribution in [0.25, 0.3) is 0 Å². The standard InChI is InChI=1S/C32H36O8/c1-13-9-19(34)21-14(2)10-20(38-16(4)33)24-27(22(13)21)40-29(36)32(24)12-17-11-30(32,5)25-23(17)31(6,37)8-7-18-15(3)28(35)39-26(18)25/h9,17-18,20,22,24,26-27,37H,3,7-8,10-12H2,1-2,4-6H3/t17-,18-,20-,22-,24+,26-,27+,30+,31-,32+/m0/s1. The Bertz CT molecular complexity index is 1430. The topological polar surface area (TPSA) is 116 Å². The van der Waals surface area contributed by atoms with Crippen molar-refractivity contribution in [1.29, 1.82) is 0 Å². The highest BCUT2D eigenvalue weighted by Crippen LogP contribution is 2.76. The minimum absolute atomic E-state index is 0.0811. The molecule has 7 rings (SSSR count). The average molecular weight is 549 g/mol. The van der Waals surface area contributed by atoms with Gasteiger partial charge in [0.15, 0.2) is 5.78 Å². The Hall–Kier alpha value is -3.00. The molecule has 0 aromatic carbocycles. The van der Waals surface area contributed by atoms with Crippen molar-refractivity contribution in [2.75, 3.05) is 0 Å². The van der Waals surface area contributed by atoms with Crippen molar-refractivity contribution < 1.29 is 38.5 Å². The van der Waals surface area contributed by atoms with E-state index in [1.165, 1.54) is 6.92 Å². The zero-order valence-electron chi connectivity index (χ0n) is 23.7. The molecular formula is C32H36O8. The SMILES string of the molecule is C=C1C(=O)O[C@@H]2C3=C([C@@H]4C[C@@]5(C(=O)O[C@@H]6[C@H]7C(C)=CC(=O)C7=C(C)C[C@H](OC(C)=O)[C@H]65)[C@]3(C)C4)[C@@](C)(O)CC[C@@H]12. The van der Waals surface area contributed by atoms with Crippen LogP contribution in [0.1, 0.15) is 66.7 Å². The third kappa shape index (κ3) is 2.91. The molecule has 0 radical (unpaired) electrons. The number of ketones is 1. The van der Waals surface area contributed by atoms with Gasteiger partial charge in [-0.3, -0.25) is 14.4 Å². The molecule has 2 saturated heterocycles. The summed E-state index contributed by atoms with van der Waals surface area (Å²) in [4.78, 5) is 52.7. The van der Waals surface area contributed by atoms with Crippen molar-refractivity contribution in [2.24, 2.45) is 34.5 Å². The van der Waals surface area contributed by atoms with Crippen LogP contribution >= 0.6 is 0 Å². The van der Waals surface area contributed by atoms with E-state index in [9.17, 15) is 24.3 Å². The molecule has 0 amide bonds. The minimum Gasteiger partial charge on any atom is -0.462 e. The quantitative estimate of drug-likeness (QED) is 0.228. The van der Waals surface area contributed by atoms with Crippen LogP contribution in [0.15, 0.2) is 46.1 Å². The van der Waals surface area contributed by atoms with Crippen molar-refractivity contribution in [3.63, 3.8) is 0 Å². The van der Waals surface area contributed by atoms with Crippen LogP contribution in [-0.4, -0.2) is 52.7 Å². The van der Waals surface area contributed by atoms with Gasteiger partial charge >= 0.3 is 17.9 Å². The maximum absolute atomic E-state index is 14.4. The Morgan fingerprint density at radius 3 is 2.55 bits per heavy atom. The van der Waals surface area contributed by atoms with Gasteiger partial charge in [-0.25, -0.2) is 4.79 Å². The first kappa shape index (κ1) is 25.9. The van der Waals surface area contributed by atoms with Crippen molar-refractivity contribution in [3.8, 4) is 0 Å². The summed E-state index contributed by atoms with van der Waals surface area (Å²) in [7, 11) is 0. The maximum atomic E-state index is 14.4. The molecule has 0 unspecified atom stereocenters. The Morgan fingerprint density at radius 2 is 1.85 bits per heavy atom. The van der Waals surface area contributed by atoms with E-state index in [4.69, 9.17) is 14.2 Å². The molecule has 2 bridgehead atoms.